The highest BCUT2D eigenvalue weighted by Crippen LogP contribution is 2.39. The van der Waals surface area contributed by atoms with E-state index < -0.39 is 15.2 Å². The summed E-state index contributed by atoms with van der Waals surface area (Å²) in [5, 5.41) is 10.8. The monoisotopic (exact) mass is 378 g/mol. The van der Waals surface area contributed by atoms with Gasteiger partial charge < -0.3 is 9.64 Å². The average Bonchev–Trinajstić information content (AvgIpc) is 2.60. The van der Waals surface area contributed by atoms with Crippen LogP contribution in [0.15, 0.2) is 18.2 Å². The van der Waals surface area contributed by atoms with Gasteiger partial charge in [0.25, 0.3) is 11.6 Å². The number of methoxy groups -OCH3 is 1. The zero-order valence-corrected chi connectivity index (χ0v) is 16.1. The van der Waals surface area contributed by atoms with Gasteiger partial charge in [0.15, 0.2) is 4.33 Å². The molecule has 1 heterocycles. The van der Waals surface area contributed by atoms with Crippen LogP contribution in [0.5, 0.6) is 5.75 Å². The lowest BCUT2D eigenvalue weighted by Gasteiger charge is -2.34. The minimum absolute atomic E-state index is 0.113. The molecule has 0 atom stereocenters. The summed E-state index contributed by atoms with van der Waals surface area (Å²) >= 11 is 11.9. The third-order valence-corrected chi connectivity index (χ3v) is 3.80. The van der Waals surface area contributed by atoms with E-state index in [-0.39, 0.29) is 11.4 Å². The second kappa shape index (κ2) is 10.4. The molecule has 1 saturated heterocycles. The Labute approximate surface area is 152 Å². The molecule has 1 aliphatic rings. The molecule has 0 unspecified atom stereocenters. The number of carbonyl (C=O) groups is 1. The van der Waals surface area contributed by atoms with Gasteiger partial charge in [-0.25, -0.2) is 0 Å². The van der Waals surface area contributed by atoms with E-state index in [0.29, 0.717) is 25.1 Å². The Morgan fingerprint density at radius 3 is 2.33 bits per heavy atom. The molecule has 0 saturated carbocycles. The first-order valence-corrected chi connectivity index (χ1v) is 8.64. The highest BCUT2D eigenvalue weighted by atomic mass is 35.5. The maximum atomic E-state index is 12.2. The van der Waals surface area contributed by atoms with Crippen molar-refractivity contribution in [1.29, 1.82) is 0 Å². The van der Waals surface area contributed by atoms with Crippen LogP contribution < -0.4 is 9.64 Å². The predicted octanol–water partition coefficient (Wildman–Crippen LogP) is 4.96. The van der Waals surface area contributed by atoms with Crippen molar-refractivity contribution in [2.24, 2.45) is 0 Å². The summed E-state index contributed by atoms with van der Waals surface area (Å²) in [6, 6.07) is 4.04. The summed E-state index contributed by atoms with van der Waals surface area (Å²) in [5.41, 5.74) is 0.312. The first-order chi connectivity index (χ1) is 11.4. The number of hydrogen-bond acceptors (Lipinski definition) is 4. The van der Waals surface area contributed by atoms with Crippen molar-refractivity contribution in [2.75, 3.05) is 18.6 Å². The molecule has 0 bridgehead atoms. The van der Waals surface area contributed by atoms with Gasteiger partial charge in [-0.05, 0) is 18.9 Å². The largest absolute Gasteiger partial charge is 0.494 e. The van der Waals surface area contributed by atoms with E-state index in [1.165, 1.54) is 30.2 Å². The molecule has 8 heteroatoms. The number of piperidine rings is 1. The number of rotatable bonds is 3. The SMILES string of the molecule is CC.CC.COc1cc([N+](=O)[O-])ccc1N1CCCC(Cl)(Cl)C1=O. The number of carbonyl (C=O) groups excluding carboxylic acids is 1. The third kappa shape index (κ3) is 5.24. The normalized spacial score (nSPS) is 15.5. The van der Waals surface area contributed by atoms with Crippen LogP contribution in [0.2, 0.25) is 0 Å². The maximum absolute atomic E-state index is 12.2. The number of hydrogen-bond donors (Lipinski definition) is 0. The number of benzene rings is 1. The molecule has 0 N–H and O–H groups in total. The Balaban J connectivity index is 0.00000123. The van der Waals surface area contributed by atoms with Gasteiger partial charge in [-0.15, -0.1) is 0 Å². The lowest BCUT2D eigenvalue weighted by Crippen LogP contribution is -2.47. The van der Waals surface area contributed by atoms with Crippen molar-refractivity contribution in [1.82, 2.24) is 0 Å². The van der Waals surface area contributed by atoms with Crippen LogP contribution >= 0.6 is 23.2 Å². The Hall–Kier alpha value is -1.53. The lowest BCUT2D eigenvalue weighted by atomic mass is 10.1. The van der Waals surface area contributed by atoms with Crippen molar-refractivity contribution in [3.05, 3.63) is 28.3 Å². The van der Waals surface area contributed by atoms with Crippen LogP contribution in [0, 0.1) is 10.1 Å². The third-order valence-electron chi connectivity index (χ3n) is 3.10. The van der Waals surface area contributed by atoms with Gasteiger partial charge in [-0.2, -0.15) is 0 Å². The van der Waals surface area contributed by atoms with E-state index in [4.69, 9.17) is 27.9 Å². The fourth-order valence-electron chi connectivity index (χ4n) is 2.10. The quantitative estimate of drug-likeness (QED) is 0.423. The van der Waals surface area contributed by atoms with Crippen LogP contribution in [0.3, 0.4) is 0 Å². The first kappa shape index (κ1) is 22.5. The minimum Gasteiger partial charge on any atom is -0.494 e. The number of nitrogens with zero attached hydrogens (tertiary/aromatic N) is 2. The van der Waals surface area contributed by atoms with Crippen molar-refractivity contribution in [2.45, 2.75) is 44.9 Å². The number of anilines is 1. The van der Waals surface area contributed by atoms with Crippen molar-refractivity contribution < 1.29 is 14.5 Å². The van der Waals surface area contributed by atoms with E-state index in [9.17, 15) is 14.9 Å². The number of ether oxygens (including phenoxy) is 1. The highest BCUT2D eigenvalue weighted by Gasteiger charge is 2.42. The summed E-state index contributed by atoms with van der Waals surface area (Å²) in [6.07, 6.45) is 1.01. The number of nitro groups is 1. The second-order valence-electron chi connectivity index (χ2n) is 4.38. The average molecular weight is 379 g/mol. The van der Waals surface area contributed by atoms with Gasteiger partial charge in [-0.3, -0.25) is 14.9 Å². The molecule has 1 fully saturated rings. The molecule has 0 aliphatic carbocycles. The van der Waals surface area contributed by atoms with Crippen molar-refractivity contribution >= 4 is 40.5 Å². The van der Waals surface area contributed by atoms with Crippen LogP contribution in [0.4, 0.5) is 11.4 Å². The Bertz CT molecular complexity index is 565. The molecule has 0 spiro atoms. The molecular weight excluding hydrogens is 355 g/mol. The van der Waals surface area contributed by atoms with E-state index in [1.54, 1.807) is 0 Å². The fourth-order valence-corrected chi connectivity index (χ4v) is 2.57. The smallest absolute Gasteiger partial charge is 0.273 e. The number of alkyl halides is 2. The molecule has 2 rings (SSSR count). The molecule has 1 amide bonds. The maximum Gasteiger partial charge on any atom is 0.273 e. The molecule has 1 aromatic carbocycles. The fraction of sp³-hybridized carbons (Fsp3) is 0.562. The zero-order valence-electron chi connectivity index (χ0n) is 14.6. The lowest BCUT2D eigenvalue weighted by molar-refractivity contribution is -0.384. The Morgan fingerprint density at radius 2 is 1.83 bits per heavy atom. The van der Waals surface area contributed by atoms with E-state index in [1.807, 2.05) is 27.7 Å². The molecule has 0 aromatic heterocycles. The molecule has 1 aliphatic heterocycles. The van der Waals surface area contributed by atoms with Gasteiger partial charge in [0, 0.05) is 12.6 Å². The summed E-state index contributed by atoms with van der Waals surface area (Å²) < 4.78 is 3.65. The van der Waals surface area contributed by atoms with Gasteiger partial charge in [-0.1, -0.05) is 50.9 Å². The molecule has 24 heavy (non-hydrogen) atoms. The van der Waals surface area contributed by atoms with E-state index in [2.05, 4.69) is 0 Å². The van der Waals surface area contributed by atoms with Crippen LogP contribution in [-0.2, 0) is 4.79 Å². The van der Waals surface area contributed by atoms with E-state index in [0.717, 1.165) is 0 Å². The Kier molecular flexibility index (Phi) is 9.70. The van der Waals surface area contributed by atoms with Gasteiger partial charge >= 0.3 is 0 Å². The Morgan fingerprint density at radius 1 is 1.25 bits per heavy atom. The number of amides is 1. The van der Waals surface area contributed by atoms with Crippen LogP contribution in [-0.4, -0.2) is 28.8 Å². The predicted molar refractivity (Wildman–Crippen MR) is 98.4 cm³/mol. The standard InChI is InChI=1S/C12H12Cl2N2O4.2C2H6/c1-20-10-7-8(16(18)19)3-4-9(10)15-6-2-5-12(13,14)11(15)17;2*1-2/h3-4,7H,2,5-6H2,1H3;2*1-2H3. The topological polar surface area (TPSA) is 72.7 Å². The molecule has 136 valence electrons. The van der Waals surface area contributed by atoms with Crippen molar-refractivity contribution in [3.63, 3.8) is 0 Å². The van der Waals surface area contributed by atoms with Crippen LogP contribution in [0.25, 0.3) is 0 Å². The van der Waals surface area contributed by atoms with E-state index >= 15 is 0 Å². The van der Waals surface area contributed by atoms with Gasteiger partial charge in [0.2, 0.25) is 0 Å². The molecule has 1 aromatic rings. The number of halogens is 2. The molecule has 6 nitrogen and oxygen atoms in total. The van der Waals surface area contributed by atoms with Crippen molar-refractivity contribution in [3.8, 4) is 5.75 Å². The van der Waals surface area contributed by atoms with Gasteiger partial charge in [0.1, 0.15) is 5.75 Å². The summed E-state index contributed by atoms with van der Waals surface area (Å²) in [7, 11) is 1.38. The van der Waals surface area contributed by atoms with Gasteiger partial charge in [0.05, 0.1) is 23.8 Å². The summed E-state index contributed by atoms with van der Waals surface area (Å²) in [5.74, 6) is -0.210. The first-order valence-electron chi connectivity index (χ1n) is 7.89. The van der Waals surface area contributed by atoms with Crippen LogP contribution in [0.1, 0.15) is 40.5 Å². The zero-order chi connectivity index (χ0) is 18.9. The minimum atomic E-state index is -1.47. The summed E-state index contributed by atoms with van der Waals surface area (Å²) in [6.45, 7) is 8.44. The number of non-ortho nitro benzene ring substituents is 1. The highest BCUT2D eigenvalue weighted by molar-refractivity contribution is 6.59. The second-order valence-corrected chi connectivity index (χ2v) is 5.86. The summed E-state index contributed by atoms with van der Waals surface area (Å²) in [4.78, 5) is 23.8. The molecular formula is C16H24Cl2N2O4. The number of nitro benzene ring substituents is 1. The molecule has 0 radical (unpaired) electrons.